The number of hydrogen-bond acceptors (Lipinski definition) is 4. The van der Waals surface area contributed by atoms with E-state index in [2.05, 4.69) is 27.9 Å². The van der Waals surface area contributed by atoms with Crippen molar-refractivity contribution in [2.75, 3.05) is 23.9 Å². The van der Waals surface area contributed by atoms with Crippen molar-refractivity contribution in [3.63, 3.8) is 0 Å². The molecule has 1 aromatic heterocycles. The maximum Gasteiger partial charge on any atom is 0.0549 e. The molecule has 17 heavy (non-hydrogen) atoms. The van der Waals surface area contributed by atoms with E-state index >= 15 is 0 Å². The summed E-state index contributed by atoms with van der Waals surface area (Å²) in [6, 6.07) is 2.71. The smallest absolute Gasteiger partial charge is 0.0549 e. The molecule has 0 aromatic carbocycles. The van der Waals surface area contributed by atoms with Crippen LogP contribution in [0.15, 0.2) is 18.5 Å². The van der Waals surface area contributed by atoms with Gasteiger partial charge in [0, 0.05) is 18.3 Å². The summed E-state index contributed by atoms with van der Waals surface area (Å²) in [6.07, 6.45) is 11.3. The molecular formula is C13H21N3S. The Balaban J connectivity index is 2.02. The van der Waals surface area contributed by atoms with E-state index in [9.17, 15) is 0 Å². The van der Waals surface area contributed by atoms with Crippen molar-refractivity contribution < 1.29 is 0 Å². The molecule has 0 aliphatic heterocycles. The maximum absolute atomic E-state index is 4.24. The van der Waals surface area contributed by atoms with Crippen LogP contribution in [0.4, 0.5) is 11.4 Å². The molecule has 3 nitrogen and oxygen atoms in total. The molecule has 94 valence electrons. The zero-order chi connectivity index (χ0) is 12.1. The summed E-state index contributed by atoms with van der Waals surface area (Å²) in [4.78, 5) is 4.24. The minimum Gasteiger partial charge on any atom is -0.387 e. The molecule has 0 bridgehead atoms. The van der Waals surface area contributed by atoms with Crippen LogP contribution in [0.25, 0.3) is 0 Å². The van der Waals surface area contributed by atoms with E-state index < -0.39 is 0 Å². The van der Waals surface area contributed by atoms with Gasteiger partial charge in [-0.15, -0.1) is 0 Å². The lowest BCUT2D eigenvalue weighted by atomic mass is 9.94. The molecule has 1 aromatic rings. The van der Waals surface area contributed by atoms with Gasteiger partial charge >= 0.3 is 0 Å². The Morgan fingerprint density at radius 2 is 2.00 bits per heavy atom. The van der Waals surface area contributed by atoms with Gasteiger partial charge in [-0.25, -0.2) is 0 Å². The minimum atomic E-state index is 0.590. The number of nitrogens with zero attached hydrogens (tertiary/aromatic N) is 1. The topological polar surface area (TPSA) is 37.0 Å². The predicted octanol–water partition coefficient (Wildman–Crippen LogP) is 3.21. The van der Waals surface area contributed by atoms with Crippen LogP contribution in [0.5, 0.6) is 0 Å². The highest BCUT2D eigenvalue weighted by atomic mass is 32.2. The molecule has 2 N–H and O–H groups in total. The summed E-state index contributed by atoms with van der Waals surface area (Å²) in [5.74, 6) is 0. The molecule has 2 atom stereocenters. The van der Waals surface area contributed by atoms with Crippen LogP contribution in [0.2, 0.25) is 0 Å². The molecule has 1 saturated carbocycles. The lowest BCUT2D eigenvalue weighted by Crippen LogP contribution is -2.34. The highest BCUT2D eigenvalue weighted by Gasteiger charge is 2.24. The van der Waals surface area contributed by atoms with E-state index in [0.717, 1.165) is 16.6 Å². The molecule has 0 spiro atoms. The van der Waals surface area contributed by atoms with Gasteiger partial charge in [0.1, 0.15) is 0 Å². The predicted molar refractivity (Wildman–Crippen MR) is 77.0 cm³/mol. The lowest BCUT2D eigenvalue weighted by molar-refractivity contribution is 0.475. The minimum absolute atomic E-state index is 0.590. The Hall–Kier alpha value is -0.900. The molecule has 4 heteroatoms. The zero-order valence-electron chi connectivity index (χ0n) is 10.6. The van der Waals surface area contributed by atoms with Crippen molar-refractivity contribution in [1.29, 1.82) is 0 Å². The highest BCUT2D eigenvalue weighted by molar-refractivity contribution is 7.99. The van der Waals surface area contributed by atoms with Gasteiger partial charge in [-0.05, 0) is 25.2 Å². The highest BCUT2D eigenvalue weighted by Crippen LogP contribution is 2.29. The second kappa shape index (κ2) is 6.15. The van der Waals surface area contributed by atoms with Gasteiger partial charge in [-0.3, -0.25) is 4.98 Å². The third kappa shape index (κ3) is 3.28. The molecule has 1 aliphatic carbocycles. The standard InChI is InChI=1S/C13H21N3S/c1-14-10-7-11(9-15-8-10)16-12-5-3-4-6-13(12)17-2/h7-9,12-14,16H,3-6H2,1-2H3. The first kappa shape index (κ1) is 12.6. The van der Waals surface area contributed by atoms with Gasteiger partial charge < -0.3 is 10.6 Å². The Kier molecular flexibility index (Phi) is 4.54. The third-order valence-electron chi connectivity index (χ3n) is 3.38. The monoisotopic (exact) mass is 251 g/mol. The van der Waals surface area contributed by atoms with E-state index in [1.807, 2.05) is 31.2 Å². The van der Waals surface area contributed by atoms with Crippen LogP contribution in [-0.2, 0) is 0 Å². The van der Waals surface area contributed by atoms with E-state index in [-0.39, 0.29) is 0 Å². The van der Waals surface area contributed by atoms with Crippen molar-refractivity contribution in [3.8, 4) is 0 Å². The first-order chi connectivity index (χ1) is 8.33. The van der Waals surface area contributed by atoms with Crippen molar-refractivity contribution in [2.24, 2.45) is 0 Å². The fourth-order valence-corrected chi connectivity index (χ4v) is 3.35. The quantitative estimate of drug-likeness (QED) is 0.861. The number of rotatable bonds is 4. The van der Waals surface area contributed by atoms with Gasteiger partial charge in [0.15, 0.2) is 0 Å². The second-order valence-corrected chi connectivity index (χ2v) is 5.60. The summed E-state index contributed by atoms with van der Waals surface area (Å²) in [7, 11) is 1.92. The largest absolute Gasteiger partial charge is 0.387 e. The number of anilines is 2. The molecular weight excluding hydrogens is 230 g/mol. The molecule has 2 unspecified atom stereocenters. The van der Waals surface area contributed by atoms with Crippen LogP contribution in [0, 0.1) is 0 Å². The second-order valence-electron chi connectivity index (χ2n) is 4.52. The Morgan fingerprint density at radius 1 is 1.24 bits per heavy atom. The van der Waals surface area contributed by atoms with Crippen LogP contribution in [-0.4, -0.2) is 29.6 Å². The van der Waals surface area contributed by atoms with Crippen molar-refractivity contribution in [2.45, 2.75) is 37.0 Å². The molecule has 2 rings (SSSR count). The average Bonchev–Trinajstić information content (AvgIpc) is 2.39. The fourth-order valence-electron chi connectivity index (χ4n) is 2.41. The number of pyridine rings is 1. The number of hydrogen-bond donors (Lipinski definition) is 2. The summed E-state index contributed by atoms with van der Waals surface area (Å²) in [5.41, 5.74) is 2.19. The van der Waals surface area contributed by atoms with Crippen LogP contribution in [0.1, 0.15) is 25.7 Å². The van der Waals surface area contributed by atoms with Gasteiger partial charge in [0.2, 0.25) is 0 Å². The molecule has 1 aliphatic rings. The first-order valence-corrected chi connectivity index (χ1v) is 7.54. The lowest BCUT2D eigenvalue weighted by Gasteiger charge is -2.31. The first-order valence-electron chi connectivity index (χ1n) is 6.25. The summed E-state index contributed by atoms with van der Waals surface area (Å²) < 4.78 is 0. The Bertz CT molecular complexity index is 356. The van der Waals surface area contributed by atoms with E-state index in [4.69, 9.17) is 0 Å². The van der Waals surface area contributed by atoms with Gasteiger partial charge in [0.25, 0.3) is 0 Å². The van der Waals surface area contributed by atoms with Gasteiger partial charge in [0.05, 0.1) is 23.8 Å². The van der Waals surface area contributed by atoms with Gasteiger partial charge in [-0.1, -0.05) is 12.8 Å². The summed E-state index contributed by atoms with van der Waals surface area (Å²) >= 11 is 1.98. The SMILES string of the molecule is CNc1cncc(NC2CCCCC2SC)c1. The van der Waals surface area contributed by atoms with Crippen LogP contribution >= 0.6 is 11.8 Å². The number of nitrogens with one attached hydrogen (secondary N) is 2. The van der Waals surface area contributed by atoms with E-state index in [1.54, 1.807) is 0 Å². The average molecular weight is 251 g/mol. The molecule has 1 fully saturated rings. The normalized spacial score (nSPS) is 24.4. The maximum atomic E-state index is 4.24. The molecule has 0 radical (unpaired) electrons. The van der Waals surface area contributed by atoms with Crippen LogP contribution < -0.4 is 10.6 Å². The van der Waals surface area contributed by atoms with Crippen molar-refractivity contribution in [1.82, 2.24) is 4.98 Å². The van der Waals surface area contributed by atoms with E-state index in [0.29, 0.717) is 6.04 Å². The number of aromatic nitrogens is 1. The Labute approximate surface area is 108 Å². The summed E-state index contributed by atoms with van der Waals surface area (Å²) in [6.45, 7) is 0. The molecule has 1 heterocycles. The van der Waals surface area contributed by atoms with E-state index in [1.165, 1.54) is 25.7 Å². The van der Waals surface area contributed by atoms with Crippen molar-refractivity contribution in [3.05, 3.63) is 18.5 Å². The van der Waals surface area contributed by atoms with Crippen molar-refractivity contribution >= 4 is 23.1 Å². The fraction of sp³-hybridized carbons (Fsp3) is 0.615. The Morgan fingerprint density at radius 3 is 2.76 bits per heavy atom. The summed E-state index contributed by atoms with van der Waals surface area (Å²) in [5, 5.41) is 7.49. The van der Waals surface area contributed by atoms with Crippen LogP contribution in [0.3, 0.4) is 0 Å². The third-order valence-corrected chi connectivity index (χ3v) is 4.55. The number of thioether (sulfide) groups is 1. The molecule has 0 amide bonds. The zero-order valence-corrected chi connectivity index (χ0v) is 11.4. The molecule has 0 saturated heterocycles. The van der Waals surface area contributed by atoms with Gasteiger partial charge in [-0.2, -0.15) is 11.8 Å².